The Morgan fingerprint density at radius 3 is 2.22 bits per heavy atom. The second-order valence-corrected chi connectivity index (χ2v) is 8.06. The largest absolute Gasteiger partial charge is 0.378 e. The summed E-state index contributed by atoms with van der Waals surface area (Å²) in [5.74, 6) is -1.33. The molecule has 0 aromatic heterocycles. The van der Waals surface area contributed by atoms with Gasteiger partial charge in [0.25, 0.3) is 11.8 Å². The van der Waals surface area contributed by atoms with Crippen LogP contribution in [0.25, 0.3) is 5.57 Å². The van der Waals surface area contributed by atoms with Crippen LogP contribution in [0.1, 0.15) is 16.7 Å². The molecule has 5 nitrogen and oxygen atoms in total. The minimum atomic E-state index is -0.480. The molecule has 0 fully saturated rings. The third-order valence-corrected chi connectivity index (χ3v) is 5.45. The Bertz CT molecular complexity index is 1250. The summed E-state index contributed by atoms with van der Waals surface area (Å²) in [6.45, 7) is 3.87. The number of benzene rings is 3. The van der Waals surface area contributed by atoms with E-state index in [-0.39, 0.29) is 11.3 Å². The first-order valence-electron chi connectivity index (χ1n) is 10.3. The van der Waals surface area contributed by atoms with Gasteiger partial charge < -0.3 is 10.2 Å². The Balaban J connectivity index is 1.82. The van der Waals surface area contributed by atoms with Gasteiger partial charge in [-0.25, -0.2) is 9.29 Å². The molecule has 2 amide bonds. The average molecular weight is 429 g/mol. The molecule has 0 bridgehead atoms. The van der Waals surface area contributed by atoms with Crippen molar-refractivity contribution < 1.29 is 14.0 Å². The van der Waals surface area contributed by atoms with E-state index < -0.39 is 17.6 Å². The van der Waals surface area contributed by atoms with E-state index in [2.05, 4.69) is 5.32 Å². The van der Waals surface area contributed by atoms with Gasteiger partial charge >= 0.3 is 0 Å². The Morgan fingerprint density at radius 1 is 0.875 bits per heavy atom. The monoisotopic (exact) mass is 429 g/mol. The molecule has 0 atom stereocenters. The van der Waals surface area contributed by atoms with Crippen LogP contribution in [0.5, 0.6) is 0 Å². The Morgan fingerprint density at radius 2 is 1.59 bits per heavy atom. The van der Waals surface area contributed by atoms with E-state index in [1.807, 2.05) is 63.2 Å². The van der Waals surface area contributed by atoms with Gasteiger partial charge in [-0.05, 0) is 67.4 Å². The summed E-state index contributed by atoms with van der Waals surface area (Å²) in [4.78, 5) is 30.1. The van der Waals surface area contributed by atoms with E-state index in [9.17, 15) is 14.0 Å². The Kier molecular flexibility index (Phi) is 5.53. The summed E-state index contributed by atoms with van der Waals surface area (Å²) in [7, 11) is 3.84. The van der Waals surface area contributed by atoms with Crippen molar-refractivity contribution in [2.24, 2.45) is 0 Å². The molecule has 3 aromatic carbocycles. The molecule has 0 radical (unpaired) electrons. The van der Waals surface area contributed by atoms with Crippen LogP contribution in [0, 0.1) is 19.7 Å². The van der Waals surface area contributed by atoms with Crippen molar-refractivity contribution in [3.05, 3.63) is 94.9 Å². The lowest BCUT2D eigenvalue weighted by Crippen LogP contribution is -2.32. The van der Waals surface area contributed by atoms with Gasteiger partial charge in [-0.1, -0.05) is 29.8 Å². The highest BCUT2D eigenvalue weighted by Crippen LogP contribution is 2.35. The van der Waals surface area contributed by atoms with Crippen molar-refractivity contribution >= 4 is 34.4 Å². The lowest BCUT2D eigenvalue weighted by molar-refractivity contribution is -0.120. The van der Waals surface area contributed by atoms with E-state index in [4.69, 9.17) is 0 Å². The average Bonchev–Trinajstić information content (AvgIpc) is 2.98. The molecule has 1 N–H and O–H groups in total. The fourth-order valence-corrected chi connectivity index (χ4v) is 3.83. The maximum absolute atomic E-state index is 13.8. The van der Waals surface area contributed by atoms with Gasteiger partial charge in [-0.3, -0.25) is 9.59 Å². The van der Waals surface area contributed by atoms with Crippen molar-refractivity contribution in [3.8, 4) is 0 Å². The number of imide groups is 1. The molecule has 3 aromatic rings. The molecule has 6 heteroatoms. The second-order valence-electron chi connectivity index (χ2n) is 8.06. The molecule has 0 aliphatic carbocycles. The zero-order chi connectivity index (χ0) is 23.0. The normalized spacial score (nSPS) is 13.7. The van der Waals surface area contributed by atoms with E-state index in [0.29, 0.717) is 16.9 Å². The third kappa shape index (κ3) is 3.87. The maximum Gasteiger partial charge on any atom is 0.282 e. The molecule has 0 saturated heterocycles. The molecule has 1 heterocycles. The first-order chi connectivity index (χ1) is 15.3. The molecular formula is C26H24FN3O2. The summed E-state index contributed by atoms with van der Waals surface area (Å²) in [6, 6.07) is 18.7. The highest BCUT2D eigenvalue weighted by Gasteiger charge is 2.40. The van der Waals surface area contributed by atoms with Gasteiger partial charge in [0.05, 0.1) is 11.3 Å². The third-order valence-electron chi connectivity index (χ3n) is 5.45. The molecule has 1 aliphatic heterocycles. The predicted molar refractivity (Wildman–Crippen MR) is 126 cm³/mol. The highest BCUT2D eigenvalue weighted by atomic mass is 19.1. The van der Waals surface area contributed by atoms with Crippen LogP contribution < -0.4 is 15.1 Å². The van der Waals surface area contributed by atoms with Crippen LogP contribution >= 0.6 is 0 Å². The molecule has 0 saturated carbocycles. The first-order valence-corrected chi connectivity index (χ1v) is 10.3. The second kappa shape index (κ2) is 8.30. The minimum absolute atomic E-state index is 0.129. The van der Waals surface area contributed by atoms with Crippen LogP contribution in [0.4, 0.5) is 21.5 Å². The van der Waals surface area contributed by atoms with Crippen molar-refractivity contribution in [1.82, 2.24) is 0 Å². The Hall–Kier alpha value is -3.93. The number of nitrogens with one attached hydrogen (secondary N) is 1. The van der Waals surface area contributed by atoms with Crippen LogP contribution in [0.15, 0.2) is 72.4 Å². The Labute approximate surface area is 186 Å². The van der Waals surface area contributed by atoms with E-state index in [0.717, 1.165) is 21.7 Å². The van der Waals surface area contributed by atoms with Gasteiger partial charge in [-0.2, -0.15) is 0 Å². The molecule has 0 spiro atoms. The van der Waals surface area contributed by atoms with Crippen molar-refractivity contribution in [2.75, 3.05) is 29.2 Å². The molecule has 32 heavy (non-hydrogen) atoms. The molecule has 0 unspecified atom stereocenters. The fourth-order valence-electron chi connectivity index (χ4n) is 3.83. The highest BCUT2D eigenvalue weighted by molar-refractivity contribution is 6.46. The number of anilines is 3. The number of rotatable bonds is 5. The van der Waals surface area contributed by atoms with Gasteiger partial charge in [0.2, 0.25) is 0 Å². The van der Waals surface area contributed by atoms with Crippen LogP contribution in [0.3, 0.4) is 0 Å². The van der Waals surface area contributed by atoms with E-state index in [1.165, 1.54) is 12.1 Å². The number of amides is 2. The summed E-state index contributed by atoms with van der Waals surface area (Å²) < 4.78 is 13.8. The number of hydrogen-bond donors (Lipinski definition) is 1. The number of carbonyl (C=O) groups is 2. The molecular weight excluding hydrogens is 405 g/mol. The van der Waals surface area contributed by atoms with Crippen LogP contribution in [0.2, 0.25) is 0 Å². The predicted octanol–water partition coefficient (Wildman–Crippen LogP) is 4.91. The zero-order valence-corrected chi connectivity index (χ0v) is 18.4. The molecule has 1 aliphatic rings. The van der Waals surface area contributed by atoms with Crippen LogP contribution in [-0.2, 0) is 9.59 Å². The van der Waals surface area contributed by atoms with Crippen molar-refractivity contribution in [3.63, 3.8) is 0 Å². The SMILES string of the molecule is Cc1ccc(C2=C(Nc3cccc(F)c3)C(=O)N(c3ccc(N(C)C)cc3)C2=O)c(C)c1. The quantitative estimate of drug-likeness (QED) is 0.586. The number of carbonyl (C=O) groups excluding carboxylic acids is 2. The minimum Gasteiger partial charge on any atom is -0.378 e. The summed E-state index contributed by atoms with van der Waals surface area (Å²) >= 11 is 0. The van der Waals surface area contributed by atoms with Crippen molar-refractivity contribution in [2.45, 2.75) is 13.8 Å². The maximum atomic E-state index is 13.8. The van der Waals surface area contributed by atoms with Gasteiger partial charge in [0.15, 0.2) is 0 Å². The smallest absolute Gasteiger partial charge is 0.282 e. The lowest BCUT2D eigenvalue weighted by atomic mass is 9.97. The first kappa shape index (κ1) is 21.3. The zero-order valence-electron chi connectivity index (χ0n) is 18.4. The van der Waals surface area contributed by atoms with Gasteiger partial charge in [0.1, 0.15) is 11.5 Å². The summed E-state index contributed by atoms with van der Waals surface area (Å²) in [5, 5.41) is 3.00. The van der Waals surface area contributed by atoms with E-state index in [1.54, 1.807) is 24.3 Å². The number of aryl methyl sites for hydroxylation is 2. The van der Waals surface area contributed by atoms with Crippen LogP contribution in [-0.4, -0.2) is 25.9 Å². The summed E-state index contributed by atoms with van der Waals surface area (Å²) in [6.07, 6.45) is 0. The van der Waals surface area contributed by atoms with Crippen molar-refractivity contribution in [1.29, 1.82) is 0 Å². The molecule has 4 rings (SSSR count). The number of hydrogen-bond acceptors (Lipinski definition) is 4. The number of nitrogens with zero attached hydrogens (tertiary/aromatic N) is 2. The lowest BCUT2D eigenvalue weighted by Gasteiger charge is -2.18. The number of halogens is 1. The fraction of sp³-hybridized carbons (Fsp3) is 0.154. The van der Waals surface area contributed by atoms with Gasteiger partial charge in [-0.15, -0.1) is 0 Å². The summed E-state index contributed by atoms with van der Waals surface area (Å²) in [5.41, 5.74) is 4.83. The van der Waals surface area contributed by atoms with E-state index >= 15 is 0 Å². The van der Waals surface area contributed by atoms with Gasteiger partial charge in [0, 0.05) is 25.5 Å². The topological polar surface area (TPSA) is 52.7 Å². The molecule has 162 valence electrons. The standard InChI is InChI=1S/C26H24FN3O2/c1-16-8-13-22(17(2)14-16)23-24(28-19-7-5-6-18(27)15-19)26(32)30(25(23)31)21-11-9-20(10-12-21)29(3)4/h5-15,28H,1-4H3.